The first-order valence-electron chi connectivity index (χ1n) is 7.98. The Morgan fingerprint density at radius 1 is 1.08 bits per heavy atom. The normalized spacial score (nSPS) is 43.2. The molecule has 9 nitrogen and oxygen atoms in total. The van der Waals surface area contributed by atoms with Crippen molar-refractivity contribution in [1.82, 2.24) is 10.1 Å². The minimum atomic E-state index is -1.44. The third-order valence-electron chi connectivity index (χ3n) is 4.38. The van der Waals surface area contributed by atoms with E-state index in [-0.39, 0.29) is 5.82 Å². The molecular formula is C15H22N2O7. The van der Waals surface area contributed by atoms with E-state index in [4.69, 9.17) is 28.2 Å². The largest absolute Gasteiger partial charge is 0.387 e. The van der Waals surface area contributed by atoms with E-state index in [1.165, 1.54) is 0 Å². The Labute approximate surface area is 139 Å². The van der Waals surface area contributed by atoms with Gasteiger partial charge in [0.15, 0.2) is 17.7 Å². The monoisotopic (exact) mass is 342 g/mol. The summed E-state index contributed by atoms with van der Waals surface area (Å²) in [5.74, 6) is -2.58. The molecule has 4 rings (SSSR count). The van der Waals surface area contributed by atoms with E-state index in [1.807, 2.05) is 13.8 Å². The number of aliphatic hydroxyl groups is 1. The van der Waals surface area contributed by atoms with Crippen LogP contribution in [-0.2, 0) is 29.5 Å². The van der Waals surface area contributed by atoms with Crippen molar-refractivity contribution in [2.75, 3.05) is 6.61 Å². The smallest absolute Gasteiger partial charge is 0.266 e. The lowest BCUT2D eigenvalue weighted by Gasteiger charge is -2.28. The maximum atomic E-state index is 10.8. The quantitative estimate of drug-likeness (QED) is 0.826. The molecule has 0 saturated carbocycles. The number of hydrogen-bond acceptors (Lipinski definition) is 9. The van der Waals surface area contributed by atoms with Gasteiger partial charge in [0.05, 0.1) is 6.61 Å². The summed E-state index contributed by atoms with van der Waals surface area (Å²) in [5, 5.41) is 14.7. The van der Waals surface area contributed by atoms with E-state index in [0.29, 0.717) is 12.5 Å². The summed E-state index contributed by atoms with van der Waals surface area (Å²) in [4.78, 5) is 4.22. The molecule has 1 N–H and O–H groups in total. The molecule has 9 heteroatoms. The third kappa shape index (κ3) is 2.39. The number of aromatic nitrogens is 2. The van der Waals surface area contributed by atoms with Crippen LogP contribution in [0.1, 0.15) is 39.4 Å². The van der Waals surface area contributed by atoms with Crippen LogP contribution in [0, 0.1) is 6.92 Å². The van der Waals surface area contributed by atoms with E-state index in [2.05, 4.69) is 10.1 Å². The van der Waals surface area contributed by atoms with Crippen LogP contribution in [0.25, 0.3) is 0 Å². The van der Waals surface area contributed by atoms with Gasteiger partial charge < -0.3 is 33.3 Å². The Hall–Kier alpha value is -1.10. The van der Waals surface area contributed by atoms with E-state index >= 15 is 0 Å². The minimum absolute atomic E-state index is 0.190. The second-order valence-corrected chi connectivity index (χ2v) is 7.29. The molecule has 0 aliphatic carbocycles. The van der Waals surface area contributed by atoms with E-state index < -0.39 is 41.8 Å². The molecule has 0 spiro atoms. The number of nitrogens with zero attached hydrogens (tertiary/aromatic N) is 2. The first kappa shape index (κ1) is 16.4. The molecular weight excluding hydrogens is 320 g/mol. The highest BCUT2D eigenvalue weighted by Crippen LogP contribution is 2.52. The van der Waals surface area contributed by atoms with Gasteiger partial charge in [-0.2, -0.15) is 4.98 Å². The maximum absolute atomic E-state index is 10.8. The molecule has 0 bridgehead atoms. The summed E-state index contributed by atoms with van der Waals surface area (Å²) in [6.07, 6.45) is -2.96. The predicted molar refractivity (Wildman–Crippen MR) is 76.5 cm³/mol. The van der Waals surface area contributed by atoms with Crippen LogP contribution < -0.4 is 0 Å². The Bertz CT molecular complexity index is 646. The van der Waals surface area contributed by atoms with Gasteiger partial charge in [0.25, 0.3) is 5.79 Å². The van der Waals surface area contributed by atoms with Crippen molar-refractivity contribution in [3.05, 3.63) is 11.7 Å². The van der Waals surface area contributed by atoms with Crippen molar-refractivity contribution in [2.45, 2.75) is 76.4 Å². The van der Waals surface area contributed by atoms with Gasteiger partial charge in [0.2, 0.25) is 11.7 Å². The zero-order valence-corrected chi connectivity index (χ0v) is 14.3. The van der Waals surface area contributed by atoms with Crippen LogP contribution in [0.5, 0.6) is 0 Å². The predicted octanol–water partition coefficient (Wildman–Crippen LogP) is 0.594. The molecule has 0 amide bonds. The molecule has 3 saturated heterocycles. The molecule has 1 unspecified atom stereocenters. The fraction of sp³-hybridized carbons (Fsp3) is 0.867. The van der Waals surface area contributed by atoms with Crippen LogP contribution in [-0.4, -0.2) is 57.8 Å². The molecule has 1 aromatic heterocycles. The molecule has 0 aromatic carbocycles. The molecule has 3 aliphatic rings. The zero-order valence-electron chi connectivity index (χ0n) is 14.3. The first-order valence-corrected chi connectivity index (χ1v) is 7.98. The Morgan fingerprint density at radius 2 is 1.83 bits per heavy atom. The highest BCUT2D eigenvalue weighted by molar-refractivity contribution is 5.13. The number of aryl methyl sites for hydroxylation is 1. The van der Waals surface area contributed by atoms with E-state index in [0.717, 1.165) is 0 Å². The Morgan fingerprint density at radius 3 is 2.42 bits per heavy atom. The number of aliphatic hydroxyl groups excluding tert-OH is 1. The van der Waals surface area contributed by atoms with Gasteiger partial charge in [-0.25, -0.2) is 0 Å². The highest BCUT2D eigenvalue weighted by Gasteiger charge is 2.69. The van der Waals surface area contributed by atoms with Crippen molar-refractivity contribution >= 4 is 0 Å². The van der Waals surface area contributed by atoms with E-state index in [1.54, 1.807) is 20.8 Å². The number of hydrogen-bond donors (Lipinski definition) is 1. The van der Waals surface area contributed by atoms with Crippen LogP contribution in [0.2, 0.25) is 0 Å². The second kappa shape index (κ2) is 4.96. The molecule has 5 atom stereocenters. The zero-order chi connectivity index (χ0) is 17.3. The average Bonchev–Trinajstić information content (AvgIpc) is 3.16. The van der Waals surface area contributed by atoms with Gasteiger partial charge in [-0.15, -0.1) is 0 Å². The minimum Gasteiger partial charge on any atom is -0.387 e. The lowest BCUT2D eigenvalue weighted by molar-refractivity contribution is -0.285. The topological polar surface area (TPSA) is 105 Å². The van der Waals surface area contributed by atoms with Crippen molar-refractivity contribution in [2.24, 2.45) is 0 Å². The third-order valence-corrected chi connectivity index (χ3v) is 4.38. The van der Waals surface area contributed by atoms with Crippen LogP contribution in [0.4, 0.5) is 0 Å². The maximum Gasteiger partial charge on any atom is 0.266 e. The standard InChI is InChI=1S/C15H22N2O7/c1-7-16-12(17-23-7)15-11(22-14(4,5)24-15)9(18)10(21-15)8-6-19-13(2,3)20-8/h8-11,18H,6H2,1-5H3/t8?,9-,10+,11+,15-/m0/s1. The molecule has 3 aliphatic heterocycles. The molecule has 134 valence electrons. The van der Waals surface area contributed by atoms with Gasteiger partial charge in [0, 0.05) is 6.92 Å². The van der Waals surface area contributed by atoms with Crippen LogP contribution in [0.15, 0.2) is 4.52 Å². The van der Waals surface area contributed by atoms with E-state index in [9.17, 15) is 5.11 Å². The SMILES string of the molecule is Cc1nc([C@]23O[C@H](C4COC(C)(C)O4)[C@H](O)[C@H]2OC(C)(C)O3)no1. The summed E-state index contributed by atoms with van der Waals surface area (Å²) in [7, 11) is 0. The second-order valence-electron chi connectivity index (χ2n) is 7.29. The van der Waals surface area contributed by atoms with Gasteiger partial charge >= 0.3 is 0 Å². The van der Waals surface area contributed by atoms with Gasteiger partial charge in [-0.1, -0.05) is 5.16 Å². The van der Waals surface area contributed by atoms with Crippen molar-refractivity contribution in [3.63, 3.8) is 0 Å². The molecule has 1 aromatic rings. The summed E-state index contributed by atoms with van der Waals surface area (Å²) >= 11 is 0. The summed E-state index contributed by atoms with van der Waals surface area (Å²) in [6.45, 7) is 9.06. The Kier molecular flexibility index (Phi) is 3.39. The van der Waals surface area contributed by atoms with Gasteiger partial charge in [-0.3, -0.25) is 0 Å². The average molecular weight is 342 g/mol. The summed E-state index contributed by atoms with van der Waals surface area (Å²) < 4.78 is 34.4. The van der Waals surface area contributed by atoms with Crippen molar-refractivity contribution in [3.8, 4) is 0 Å². The summed E-state index contributed by atoms with van der Waals surface area (Å²) in [5.41, 5.74) is 0. The number of ether oxygens (including phenoxy) is 5. The summed E-state index contributed by atoms with van der Waals surface area (Å²) in [6, 6.07) is 0. The lowest BCUT2D eigenvalue weighted by Crippen LogP contribution is -2.42. The first-order chi connectivity index (χ1) is 11.1. The van der Waals surface area contributed by atoms with Crippen molar-refractivity contribution in [1.29, 1.82) is 0 Å². The lowest BCUT2D eigenvalue weighted by atomic mass is 10.0. The molecule has 3 fully saturated rings. The van der Waals surface area contributed by atoms with Gasteiger partial charge in [0.1, 0.15) is 18.3 Å². The van der Waals surface area contributed by atoms with Crippen LogP contribution >= 0.6 is 0 Å². The van der Waals surface area contributed by atoms with Crippen LogP contribution in [0.3, 0.4) is 0 Å². The number of fused-ring (bicyclic) bond motifs is 1. The highest BCUT2D eigenvalue weighted by atomic mass is 16.9. The van der Waals surface area contributed by atoms with Crippen molar-refractivity contribution < 1.29 is 33.3 Å². The fourth-order valence-corrected chi connectivity index (χ4v) is 3.50. The molecule has 0 radical (unpaired) electrons. The molecule has 4 heterocycles. The molecule has 24 heavy (non-hydrogen) atoms. The van der Waals surface area contributed by atoms with Gasteiger partial charge in [-0.05, 0) is 27.7 Å². The fourth-order valence-electron chi connectivity index (χ4n) is 3.50. The Balaban J connectivity index is 1.68. The number of rotatable bonds is 2.